The molecule has 0 spiro atoms. The van der Waals surface area contributed by atoms with Crippen molar-refractivity contribution in [2.45, 2.75) is 56.2 Å². The highest BCUT2D eigenvalue weighted by atomic mass is 32.2. The van der Waals surface area contributed by atoms with E-state index in [1.165, 1.54) is 43.9 Å². The number of fused-ring (bicyclic) bond motifs is 2. The maximum atomic E-state index is 12.8. The van der Waals surface area contributed by atoms with Gasteiger partial charge in [0.2, 0.25) is 0 Å². The average molecular weight is 734 g/mol. The first-order valence-corrected chi connectivity index (χ1v) is 18.9. The van der Waals surface area contributed by atoms with E-state index in [-0.39, 0.29) is 27.6 Å². The molecule has 15 nitrogen and oxygen atoms in total. The number of nitrogens with one attached hydrogen (secondary N) is 3. The zero-order valence-corrected chi connectivity index (χ0v) is 29.8. The Kier molecular flexibility index (Phi) is 13.6. The predicted molar refractivity (Wildman–Crippen MR) is 183 cm³/mol. The van der Waals surface area contributed by atoms with Crippen LogP contribution in [0.1, 0.15) is 67.2 Å². The maximum absolute atomic E-state index is 12.8. The van der Waals surface area contributed by atoms with Crippen LogP contribution in [-0.4, -0.2) is 75.6 Å². The normalized spacial score (nSPS) is 11.8. The van der Waals surface area contributed by atoms with E-state index in [1.54, 1.807) is 4.90 Å². The number of carbonyl (C=O) groups is 2. The van der Waals surface area contributed by atoms with Gasteiger partial charge in [-0.1, -0.05) is 12.5 Å². The highest BCUT2D eigenvalue weighted by molar-refractivity contribution is 7.86. The fourth-order valence-corrected chi connectivity index (χ4v) is 7.02. The maximum Gasteiger partial charge on any atom is 0.336 e. The van der Waals surface area contributed by atoms with Crippen molar-refractivity contribution in [2.24, 2.45) is 0 Å². The summed E-state index contributed by atoms with van der Waals surface area (Å²) in [7, 11) is -10.8. The Bertz CT molecular complexity index is 2110. The minimum atomic E-state index is -5.41. The van der Waals surface area contributed by atoms with Crippen molar-refractivity contribution in [3.05, 3.63) is 58.9 Å². The monoisotopic (exact) mass is 733 g/mol. The van der Waals surface area contributed by atoms with Crippen LogP contribution in [0.2, 0.25) is 0 Å². The summed E-state index contributed by atoms with van der Waals surface area (Å²) in [5.74, 6) is -2.83. The summed E-state index contributed by atoms with van der Waals surface area (Å²) in [4.78, 5) is 24.7. The van der Waals surface area contributed by atoms with Crippen LogP contribution in [0, 0.1) is 5.41 Å². The van der Waals surface area contributed by atoms with Crippen LogP contribution >= 0.6 is 0 Å². The molecule has 1 amide bonds. The van der Waals surface area contributed by atoms with E-state index in [0.29, 0.717) is 13.0 Å². The molecule has 9 N–H and O–H groups in total. The molecule has 0 bridgehead atoms. The third-order valence-electron chi connectivity index (χ3n) is 8.24. The summed E-state index contributed by atoms with van der Waals surface area (Å²) in [6, 6.07) is 8.12. The Morgan fingerprint density at radius 1 is 0.900 bits per heavy atom. The van der Waals surface area contributed by atoms with Crippen molar-refractivity contribution >= 4 is 48.8 Å². The van der Waals surface area contributed by atoms with Crippen molar-refractivity contribution < 1.29 is 55.7 Å². The number of benzene rings is 3. The number of amides is 1. The van der Waals surface area contributed by atoms with Gasteiger partial charge in [0.15, 0.2) is 11.3 Å². The second kappa shape index (κ2) is 17.0. The number of rotatable bonds is 14. The van der Waals surface area contributed by atoms with Gasteiger partial charge in [0.1, 0.15) is 30.0 Å². The molecular weight excluding hydrogens is 691 g/mol. The molecule has 1 heterocycles. The van der Waals surface area contributed by atoms with Gasteiger partial charge in [-0.2, -0.15) is 0 Å². The van der Waals surface area contributed by atoms with Gasteiger partial charge in [0.25, 0.3) is 5.91 Å². The SMILES string of the molecule is CC[NH+](CC)CC.N=c1ccc2c(-c3ccc(C(=O)NCCCCCC[NH3+])cc3C(=O)O)c3ccc(N)c(S(=O)(=O)[O-])c3oc-2c1S(=O)(=O)[O-]. The summed E-state index contributed by atoms with van der Waals surface area (Å²) in [6.07, 6.45) is 3.51. The van der Waals surface area contributed by atoms with E-state index in [0.717, 1.165) is 44.0 Å². The van der Waals surface area contributed by atoms with Crippen molar-refractivity contribution in [1.82, 2.24) is 5.32 Å². The van der Waals surface area contributed by atoms with E-state index in [2.05, 4.69) is 31.8 Å². The minimum Gasteiger partial charge on any atom is -0.744 e. The van der Waals surface area contributed by atoms with Crippen molar-refractivity contribution in [3.8, 4) is 22.5 Å². The van der Waals surface area contributed by atoms with Crippen LogP contribution in [0.15, 0.2) is 56.7 Å². The summed E-state index contributed by atoms with van der Waals surface area (Å²) < 4.78 is 78.7. The van der Waals surface area contributed by atoms with E-state index in [1.807, 2.05) is 0 Å². The van der Waals surface area contributed by atoms with Gasteiger partial charge in [0, 0.05) is 28.6 Å². The predicted octanol–water partition coefficient (Wildman–Crippen LogP) is 1.24. The lowest BCUT2D eigenvalue weighted by Gasteiger charge is -2.22. The van der Waals surface area contributed by atoms with Crippen molar-refractivity contribution in [1.29, 1.82) is 5.41 Å². The quantitative estimate of drug-likeness (QED) is 0.0464. The third kappa shape index (κ3) is 9.23. The highest BCUT2D eigenvalue weighted by Gasteiger charge is 2.29. The second-order valence-electron chi connectivity index (χ2n) is 11.5. The Morgan fingerprint density at radius 3 is 2.04 bits per heavy atom. The molecule has 1 aliphatic heterocycles. The van der Waals surface area contributed by atoms with Crippen LogP contribution in [0.3, 0.4) is 0 Å². The summed E-state index contributed by atoms with van der Waals surface area (Å²) in [5, 5.41) is 19.9. The topological polar surface area (TPSA) is 276 Å². The number of hydrogen-bond donors (Lipinski definition) is 6. The summed E-state index contributed by atoms with van der Waals surface area (Å²) in [6.45, 7) is 11.7. The Balaban J connectivity index is 0.000000872. The molecule has 50 heavy (non-hydrogen) atoms. The van der Waals surface area contributed by atoms with Crippen LogP contribution < -0.4 is 27.0 Å². The molecule has 0 radical (unpaired) electrons. The molecule has 0 saturated carbocycles. The summed E-state index contributed by atoms with van der Waals surface area (Å²) in [5.41, 5.74) is 7.35. The number of carboxylic acid groups (broad SMARTS) is 1. The molecule has 1 aliphatic carbocycles. The molecular formula is C33H43N5O10S2. The number of quaternary nitrogens is 2. The Labute approximate surface area is 290 Å². The molecule has 17 heteroatoms. The number of nitrogens with two attached hydrogens (primary N) is 1. The van der Waals surface area contributed by atoms with Crippen LogP contribution in [0.5, 0.6) is 0 Å². The minimum absolute atomic E-state index is 0.00326. The highest BCUT2D eigenvalue weighted by Crippen LogP contribution is 2.45. The third-order valence-corrected chi connectivity index (χ3v) is 10.1. The van der Waals surface area contributed by atoms with Gasteiger partial charge in [-0.05, 0) is 82.0 Å². The van der Waals surface area contributed by atoms with Crippen molar-refractivity contribution in [3.63, 3.8) is 0 Å². The van der Waals surface area contributed by atoms with Gasteiger partial charge < -0.3 is 40.3 Å². The molecule has 0 aromatic heterocycles. The lowest BCUT2D eigenvalue weighted by atomic mass is 9.89. The average Bonchev–Trinajstić information content (AvgIpc) is 3.04. The summed E-state index contributed by atoms with van der Waals surface area (Å²) >= 11 is 0. The van der Waals surface area contributed by atoms with E-state index >= 15 is 0 Å². The molecule has 2 aliphatic rings. The Hall–Kier alpha value is -4.39. The van der Waals surface area contributed by atoms with Gasteiger partial charge in [0.05, 0.1) is 42.8 Å². The largest absolute Gasteiger partial charge is 0.744 e. The zero-order valence-electron chi connectivity index (χ0n) is 28.1. The second-order valence-corrected chi connectivity index (χ2v) is 14.1. The lowest BCUT2D eigenvalue weighted by molar-refractivity contribution is -0.894. The van der Waals surface area contributed by atoms with Gasteiger partial charge >= 0.3 is 5.97 Å². The number of carboxylic acids is 1. The first-order chi connectivity index (χ1) is 23.5. The van der Waals surface area contributed by atoms with E-state index < -0.39 is 69.9 Å². The lowest BCUT2D eigenvalue weighted by Crippen LogP contribution is -3.11. The van der Waals surface area contributed by atoms with E-state index in [9.17, 15) is 40.6 Å². The number of anilines is 1. The molecule has 4 rings (SSSR count). The molecule has 0 fully saturated rings. The number of carbonyl (C=O) groups excluding carboxylic acids is 1. The molecule has 0 atom stereocenters. The fourth-order valence-electron chi connectivity index (χ4n) is 5.57. The van der Waals surface area contributed by atoms with Gasteiger partial charge in [-0.25, -0.2) is 21.6 Å². The van der Waals surface area contributed by atoms with Crippen LogP contribution in [0.4, 0.5) is 5.69 Å². The number of nitrogen functional groups attached to an aromatic ring is 1. The van der Waals surface area contributed by atoms with Crippen LogP contribution in [-0.2, 0) is 20.2 Å². The first-order valence-electron chi connectivity index (χ1n) is 16.1. The van der Waals surface area contributed by atoms with Gasteiger partial charge in [-0.3, -0.25) is 10.2 Å². The van der Waals surface area contributed by atoms with Crippen LogP contribution in [0.25, 0.3) is 33.4 Å². The number of hydrogen-bond acceptors (Lipinski definition) is 11. The Morgan fingerprint density at radius 2 is 1.50 bits per heavy atom. The molecule has 272 valence electrons. The first kappa shape index (κ1) is 40.0. The fraction of sp³-hybridized carbons (Fsp3) is 0.364. The number of aromatic carboxylic acids is 1. The smallest absolute Gasteiger partial charge is 0.336 e. The number of unbranched alkanes of at least 4 members (excludes halogenated alkanes) is 3. The van der Waals surface area contributed by atoms with Gasteiger partial charge in [-0.15, -0.1) is 0 Å². The molecule has 0 saturated heterocycles. The molecule has 0 unspecified atom stereocenters. The molecule has 2 aromatic carbocycles. The van der Waals surface area contributed by atoms with E-state index in [4.69, 9.17) is 15.6 Å². The zero-order chi connectivity index (χ0) is 37.4. The molecule has 2 aromatic rings. The van der Waals surface area contributed by atoms with Crippen molar-refractivity contribution in [2.75, 3.05) is 38.5 Å². The standard InChI is InChI=1S/C27H28N4O10S2.C6H15N/c28-11-3-1-2-4-12-31-26(32)14-5-6-15(18(13-14)27(33)34)21-16-7-9-19(29)24(42(35,36)37)22(16)41-23-17(21)8-10-20(30)25(23)43(38,39)40;1-4-7(5-2)6-3/h5-10,13,29H,1-4,11-12,28,30H2,(H,31,32)(H,33,34)(H,35,36,37)(H,38,39,40);4-6H2,1-3H3.